The summed E-state index contributed by atoms with van der Waals surface area (Å²) in [7, 11) is 3.41. The predicted molar refractivity (Wildman–Crippen MR) is 106 cm³/mol. The quantitative estimate of drug-likeness (QED) is 0.528. The maximum atomic E-state index is 12.6. The third-order valence-corrected chi connectivity index (χ3v) is 4.41. The van der Waals surface area contributed by atoms with E-state index in [4.69, 9.17) is 34.8 Å². The second-order valence-electron chi connectivity index (χ2n) is 5.29. The van der Waals surface area contributed by atoms with Crippen molar-refractivity contribution in [3.63, 3.8) is 0 Å². The molecular weight excluding hydrogens is 381 g/mol. The maximum Gasteiger partial charge on any atom is 0.275 e. The monoisotopic (exact) mass is 397 g/mol. The topological polar surface area (TPSA) is 44.7 Å². The molecule has 0 aliphatic heterocycles. The molecule has 0 aliphatic rings. The van der Waals surface area contributed by atoms with Gasteiger partial charge in [-0.2, -0.15) is 5.10 Å². The van der Waals surface area contributed by atoms with E-state index in [-0.39, 0.29) is 10.9 Å². The Hall–Kier alpha value is -1.75. The fourth-order valence-electron chi connectivity index (χ4n) is 2.35. The molecule has 0 aromatic heterocycles. The molecule has 7 heteroatoms. The molecule has 1 N–H and O–H groups in total. The minimum absolute atomic E-state index is 0.288. The van der Waals surface area contributed by atoms with E-state index in [1.165, 1.54) is 11.1 Å². The number of halogens is 3. The smallest absolute Gasteiger partial charge is 0.275 e. The van der Waals surface area contributed by atoms with E-state index in [0.29, 0.717) is 22.0 Å². The van der Waals surface area contributed by atoms with Gasteiger partial charge in [-0.25, -0.2) is 5.01 Å². The number of benzene rings is 2. The third-order valence-electron chi connectivity index (χ3n) is 3.62. The second kappa shape index (κ2) is 8.56. The fraction of sp³-hybridized carbons (Fsp3) is 0.222. The lowest BCUT2D eigenvalue weighted by Gasteiger charge is -2.17. The highest BCUT2D eigenvalue weighted by atomic mass is 35.5. The van der Waals surface area contributed by atoms with Gasteiger partial charge in [-0.05, 0) is 42.8 Å². The van der Waals surface area contributed by atoms with Crippen LogP contribution in [0.3, 0.4) is 0 Å². The van der Waals surface area contributed by atoms with Gasteiger partial charge in [-0.15, -0.1) is 0 Å². The van der Waals surface area contributed by atoms with E-state index in [1.807, 2.05) is 26.1 Å². The van der Waals surface area contributed by atoms with E-state index >= 15 is 0 Å². The molecule has 132 valence electrons. The van der Waals surface area contributed by atoms with E-state index in [2.05, 4.69) is 10.4 Å². The zero-order valence-corrected chi connectivity index (χ0v) is 16.4. The van der Waals surface area contributed by atoms with Gasteiger partial charge >= 0.3 is 0 Å². The SMILES string of the molecule is CC/C(=N/N(C)C(=O)c1ccc(Cl)cc1Cl)c1cc(Cl)ccc1NC. The van der Waals surface area contributed by atoms with Gasteiger partial charge in [-0.3, -0.25) is 4.79 Å². The van der Waals surface area contributed by atoms with Crippen LogP contribution in [0.5, 0.6) is 0 Å². The van der Waals surface area contributed by atoms with Gasteiger partial charge in [0.2, 0.25) is 0 Å². The summed E-state index contributed by atoms with van der Waals surface area (Å²) in [6.45, 7) is 1.97. The molecule has 0 aliphatic carbocycles. The average Bonchev–Trinajstić information content (AvgIpc) is 2.58. The van der Waals surface area contributed by atoms with Gasteiger partial charge in [0.15, 0.2) is 0 Å². The Balaban J connectivity index is 2.39. The van der Waals surface area contributed by atoms with Crippen molar-refractivity contribution >= 4 is 52.1 Å². The summed E-state index contributed by atoms with van der Waals surface area (Å²) in [5.74, 6) is -0.319. The molecule has 0 heterocycles. The number of carbonyl (C=O) groups is 1. The Labute approximate surface area is 162 Å². The number of nitrogens with one attached hydrogen (secondary N) is 1. The minimum atomic E-state index is -0.319. The van der Waals surface area contributed by atoms with E-state index < -0.39 is 0 Å². The van der Waals surface area contributed by atoms with Gasteiger partial charge in [0.25, 0.3) is 5.91 Å². The number of hydrogen-bond donors (Lipinski definition) is 1. The van der Waals surface area contributed by atoms with Crippen molar-refractivity contribution in [1.29, 1.82) is 0 Å². The summed E-state index contributed by atoms with van der Waals surface area (Å²) >= 11 is 18.1. The molecule has 0 atom stereocenters. The van der Waals surface area contributed by atoms with E-state index in [1.54, 1.807) is 25.2 Å². The van der Waals surface area contributed by atoms with Crippen LogP contribution in [0.1, 0.15) is 29.3 Å². The molecule has 2 aromatic rings. The Bertz CT molecular complexity index is 821. The van der Waals surface area contributed by atoms with Gasteiger partial charge in [0.05, 0.1) is 16.3 Å². The van der Waals surface area contributed by atoms with Crippen LogP contribution in [0.15, 0.2) is 41.5 Å². The van der Waals surface area contributed by atoms with Crippen LogP contribution in [0.2, 0.25) is 15.1 Å². The van der Waals surface area contributed by atoms with Crippen LogP contribution in [0, 0.1) is 0 Å². The van der Waals surface area contributed by atoms with Gasteiger partial charge < -0.3 is 5.32 Å². The normalized spacial score (nSPS) is 11.4. The molecule has 0 fully saturated rings. The second-order valence-corrected chi connectivity index (χ2v) is 6.57. The Morgan fingerprint density at radius 1 is 1.08 bits per heavy atom. The van der Waals surface area contributed by atoms with Crippen molar-refractivity contribution in [2.45, 2.75) is 13.3 Å². The summed E-state index contributed by atoms with van der Waals surface area (Å²) in [6.07, 6.45) is 0.626. The van der Waals surface area contributed by atoms with Gasteiger partial charge in [0, 0.05) is 35.4 Å². The van der Waals surface area contributed by atoms with Crippen LogP contribution >= 0.6 is 34.8 Å². The van der Waals surface area contributed by atoms with E-state index in [9.17, 15) is 4.79 Å². The molecule has 0 saturated heterocycles. The maximum absolute atomic E-state index is 12.6. The molecule has 2 aromatic carbocycles. The Morgan fingerprint density at radius 3 is 2.32 bits per heavy atom. The lowest BCUT2D eigenvalue weighted by atomic mass is 10.1. The molecule has 0 radical (unpaired) electrons. The first-order valence-corrected chi connectivity index (χ1v) is 8.79. The number of hydrogen-bond acceptors (Lipinski definition) is 3. The molecule has 0 spiro atoms. The van der Waals surface area contributed by atoms with Crippen molar-refractivity contribution in [3.05, 3.63) is 62.6 Å². The summed E-state index contributed by atoms with van der Waals surface area (Å²) in [6, 6.07) is 10.2. The summed E-state index contributed by atoms with van der Waals surface area (Å²) in [5.41, 5.74) is 2.80. The molecule has 1 amide bonds. The van der Waals surface area contributed by atoms with Crippen LogP contribution in [-0.4, -0.2) is 30.7 Å². The molecule has 0 saturated carbocycles. The number of anilines is 1. The van der Waals surface area contributed by atoms with Gasteiger partial charge in [0.1, 0.15) is 0 Å². The highest BCUT2D eigenvalue weighted by Gasteiger charge is 2.17. The molecule has 4 nitrogen and oxygen atoms in total. The fourth-order valence-corrected chi connectivity index (χ4v) is 3.01. The highest BCUT2D eigenvalue weighted by Crippen LogP contribution is 2.24. The first-order chi connectivity index (χ1) is 11.9. The first-order valence-electron chi connectivity index (χ1n) is 7.65. The molecule has 0 bridgehead atoms. The van der Waals surface area contributed by atoms with Gasteiger partial charge in [-0.1, -0.05) is 41.7 Å². The number of nitrogens with zero attached hydrogens (tertiary/aromatic N) is 2. The highest BCUT2D eigenvalue weighted by molar-refractivity contribution is 6.36. The Kier molecular flexibility index (Phi) is 6.71. The lowest BCUT2D eigenvalue weighted by Crippen LogP contribution is -2.24. The van der Waals surface area contributed by atoms with Crippen LogP contribution in [0.25, 0.3) is 0 Å². The first kappa shape index (κ1) is 19.6. The van der Waals surface area contributed by atoms with E-state index in [0.717, 1.165) is 17.0 Å². The third kappa shape index (κ3) is 4.66. The van der Waals surface area contributed by atoms with Crippen LogP contribution in [0.4, 0.5) is 5.69 Å². The van der Waals surface area contributed by atoms with Crippen molar-refractivity contribution in [2.24, 2.45) is 5.10 Å². The zero-order chi connectivity index (χ0) is 18.6. The minimum Gasteiger partial charge on any atom is -0.388 e. The van der Waals surface area contributed by atoms with Crippen LogP contribution in [-0.2, 0) is 0 Å². The predicted octanol–water partition coefficient (Wildman–Crippen LogP) is 5.57. The summed E-state index contributed by atoms with van der Waals surface area (Å²) in [4.78, 5) is 12.6. The standard InChI is InChI=1S/C18H18Cl3N3O/c1-4-16(14-9-11(19)6-8-17(14)22-2)23-24(3)18(25)13-7-5-12(20)10-15(13)21/h5-10,22H,4H2,1-3H3/b23-16-. The Morgan fingerprint density at radius 2 is 1.72 bits per heavy atom. The summed E-state index contributed by atoms with van der Waals surface area (Å²) < 4.78 is 0. The number of carbonyl (C=O) groups excluding carboxylic acids is 1. The summed E-state index contributed by atoms with van der Waals surface area (Å²) in [5, 5.41) is 10.2. The zero-order valence-electron chi connectivity index (χ0n) is 14.1. The molecule has 0 unspecified atom stereocenters. The van der Waals surface area contributed by atoms with Crippen molar-refractivity contribution in [2.75, 3.05) is 19.4 Å². The number of rotatable bonds is 5. The molecule has 2 rings (SSSR count). The molecule has 25 heavy (non-hydrogen) atoms. The van der Waals surface area contributed by atoms with Crippen molar-refractivity contribution in [1.82, 2.24) is 5.01 Å². The average molecular weight is 399 g/mol. The number of amides is 1. The number of hydrazone groups is 1. The van der Waals surface area contributed by atoms with Crippen LogP contribution < -0.4 is 5.32 Å². The lowest BCUT2D eigenvalue weighted by molar-refractivity contribution is 0.0799. The van der Waals surface area contributed by atoms with Crippen molar-refractivity contribution in [3.8, 4) is 0 Å². The van der Waals surface area contributed by atoms with Crippen molar-refractivity contribution < 1.29 is 4.79 Å². The largest absolute Gasteiger partial charge is 0.388 e. The molecular formula is C18H18Cl3N3O.